The quantitative estimate of drug-likeness (QED) is 0.361. The molecular weight excluding hydrogens is 380 g/mol. The zero-order chi connectivity index (χ0) is 18.8. The van der Waals surface area contributed by atoms with Gasteiger partial charge >= 0.3 is 0 Å². The van der Waals surface area contributed by atoms with Crippen molar-refractivity contribution in [3.8, 4) is 11.1 Å². The lowest BCUT2D eigenvalue weighted by Crippen LogP contribution is -2.21. The second kappa shape index (κ2) is 7.14. The highest BCUT2D eigenvalue weighted by molar-refractivity contribution is 7.23. The van der Waals surface area contributed by atoms with E-state index in [0.717, 1.165) is 21.3 Å². The number of benzene rings is 2. The minimum absolute atomic E-state index is 0.101. The standard InChI is InChI=1S/C18H14N6OS2/c19-16(20)24-17-22-13(9-26-17)15(25)23-18-21-12-8-4-7-11(14(12)27-18)10-5-2-1-3-6-10/h1-9H,(H,21,23,25)(H4,19,20,22,24). The van der Waals surface area contributed by atoms with E-state index in [2.05, 4.69) is 20.3 Å². The Labute approximate surface area is 162 Å². The van der Waals surface area contributed by atoms with Crippen molar-refractivity contribution in [3.05, 3.63) is 59.6 Å². The molecule has 134 valence electrons. The molecule has 0 aliphatic rings. The predicted octanol–water partition coefficient (Wildman–Crippen LogP) is 3.58. The molecule has 4 aromatic rings. The van der Waals surface area contributed by atoms with Crippen LogP contribution in [0.4, 0.5) is 10.3 Å². The third kappa shape index (κ3) is 3.64. The zero-order valence-electron chi connectivity index (χ0n) is 13.9. The first kappa shape index (κ1) is 17.1. The summed E-state index contributed by atoms with van der Waals surface area (Å²) in [5.41, 5.74) is 13.9. The Morgan fingerprint density at radius 3 is 2.63 bits per heavy atom. The molecule has 0 aliphatic heterocycles. The Morgan fingerprint density at radius 2 is 1.85 bits per heavy atom. The molecule has 0 saturated carbocycles. The van der Waals surface area contributed by atoms with Crippen molar-refractivity contribution in [2.24, 2.45) is 16.5 Å². The van der Waals surface area contributed by atoms with Crippen molar-refractivity contribution in [3.63, 3.8) is 0 Å². The first-order chi connectivity index (χ1) is 13.1. The molecule has 0 bridgehead atoms. The van der Waals surface area contributed by atoms with E-state index in [1.54, 1.807) is 5.38 Å². The highest BCUT2D eigenvalue weighted by Crippen LogP contribution is 2.35. The number of carbonyl (C=O) groups excluding carboxylic acids is 1. The maximum absolute atomic E-state index is 12.4. The highest BCUT2D eigenvalue weighted by Gasteiger charge is 2.15. The lowest BCUT2D eigenvalue weighted by Gasteiger charge is -2.01. The smallest absolute Gasteiger partial charge is 0.276 e. The highest BCUT2D eigenvalue weighted by atomic mass is 32.1. The van der Waals surface area contributed by atoms with Gasteiger partial charge in [0.25, 0.3) is 5.91 Å². The first-order valence-electron chi connectivity index (χ1n) is 7.91. The number of amides is 1. The van der Waals surface area contributed by atoms with Crippen LogP contribution in [0.2, 0.25) is 0 Å². The van der Waals surface area contributed by atoms with E-state index in [1.807, 2.05) is 48.5 Å². The van der Waals surface area contributed by atoms with Gasteiger partial charge in [-0.2, -0.15) is 4.99 Å². The van der Waals surface area contributed by atoms with Crippen LogP contribution >= 0.6 is 22.7 Å². The lowest BCUT2D eigenvalue weighted by molar-refractivity contribution is 0.102. The summed E-state index contributed by atoms with van der Waals surface area (Å²) in [6.07, 6.45) is 0. The van der Waals surface area contributed by atoms with Crippen LogP contribution in [0.25, 0.3) is 21.3 Å². The SMILES string of the molecule is NC(N)=Nc1nc(C(=O)Nc2nc3cccc(-c4ccccc4)c3s2)cs1. The van der Waals surface area contributed by atoms with Gasteiger partial charge in [-0.05, 0) is 11.6 Å². The summed E-state index contributed by atoms with van der Waals surface area (Å²) in [6.45, 7) is 0. The number of nitrogens with zero attached hydrogens (tertiary/aromatic N) is 3. The van der Waals surface area contributed by atoms with Gasteiger partial charge in [0.2, 0.25) is 5.13 Å². The average Bonchev–Trinajstić information content (AvgIpc) is 3.28. The van der Waals surface area contributed by atoms with Gasteiger partial charge in [-0.1, -0.05) is 53.8 Å². The summed E-state index contributed by atoms with van der Waals surface area (Å²) in [4.78, 5) is 24.9. The van der Waals surface area contributed by atoms with Crippen LogP contribution in [0.5, 0.6) is 0 Å². The number of carbonyl (C=O) groups is 1. The second-order valence-corrected chi connectivity index (χ2v) is 7.38. The molecule has 0 spiro atoms. The molecule has 27 heavy (non-hydrogen) atoms. The number of hydrogen-bond donors (Lipinski definition) is 3. The molecule has 5 N–H and O–H groups in total. The number of thiazole rings is 2. The molecule has 0 unspecified atom stereocenters. The van der Waals surface area contributed by atoms with E-state index in [-0.39, 0.29) is 17.6 Å². The maximum atomic E-state index is 12.4. The van der Waals surface area contributed by atoms with Gasteiger partial charge in [-0.15, -0.1) is 11.3 Å². The number of aromatic nitrogens is 2. The van der Waals surface area contributed by atoms with Crippen LogP contribution in [0.3, 0.4) is 0 Å². The number of hydrogen-bond acceptors (Lipinski definition) is 6. The maximum Gasteiger partial charge on any atom is 0.276 e. The minimum Gasteiger partial charge on any atom is -0.370 e. The molecular formula is C18H14N6OS2. The van der Waals surface area contributed by atoms with Gasteiger partial charge in [-0.25, -0.2) is 9.97 Å². The van der Waals surface area contributed by atoms with Gasteiger partial charge in [0, 0.05) is 10.9 Å². The number of guanidine groups is 1. The Hall–Kier alpha value is -3.30. The van der Waals surface area contributed by atoms with Crippen molar-refractivity contribution >= 4 is 55.0 Å². The molecule has 0 saturated heterocycles. The van der Waals surface area contributed by atoms with Crippen LogP contribution in [-0.4, -0.2) is 21.8 Å². The number of anilines is 1. The van der Waals surface area contributed by atoms with Crippen LogP contribution < -0.4 is 16.8 Å². The molecule has 0 fully saturated rings. The monoisotopic (exact) mass is 394 g/mol. The van der Waals surface area contributed by atoms with E-state index >= 15 is 0 Å². The Kier molecular flexibility index (Phi) is 4.53. The third-order valence-corrected chi connectivity index (χ3v) is 5.42. The summed E-state index contributed by atoms with van der Waals surface area (Å²) < 4.78 is 1.01. The summed E-state index contributed by atoms with van der Waals surface area (Å²) in [5, 5.41) is 5.23. The Bertz CT molecular complexity index is 1150. The van der Waals surface area contributed by atoms with Crippen LogP contribution in [-0.2, 0) is 0 Å². The summed E-state index contributed by atoms with van der Waals surface area (Å²) in [7, 11) is 0. The van der Waals surface area contributed by atoms with Gasteiger partial charge in [-0.3, -0.25) is 10.1 Å². The zero-order valence-corrected chi connectivity index (χ0v) is 15.6. The normalized spacial score (nSPS) is 10.7. The van der Waals surface area contributed by atoms with E-state index in [9.17, 15) is 4.79 Å². The third-order valence-electron chi connectivity index (χ3n) is 3.67. The van der Waals surface area contributed by atoms with Crippen LogP contribution in [0.15, 0.2) is 58.9 Å². The number of nitrogens with one attached hydrogen (secondary N) is 1. The molecule has 2 heterocycles. The van der Waals surface area contributed by atoms with E-state index in [1.165, 1.54) is 22.7 Å². The first-order valence-corrected chi connectivity index (χ1v) is 9.61. The summed E-state index contributed by atoms with van der Waals surface area (Å²) >= 11 is 2.61. The fourth-order valence-corrected chi connectivity index (χ4v) is 4.22. The van der Waals surface area contributed by atoms with Crippen molar-refractivity contribution in [2.45, 2.75) is 0 Å². The number of fused-ring (bicyclic) bond motifs is 1. The molecule has 7 nitrogen and oxygen atoms in total. The molecule has 2 aromatic heterocycles. The summed E-state index contributed by atoms with van der Waals surface area (Å²) in [5.74, 6) is -0.459. The van der Waals surface area contributed by atoms with Crippen molar-refractivity contribution in [1.82, 2.24) is 9.97 Å². The largest absolute Gasteiger partial charge is 0.370 e. The molecule has 0 aliphatic carbocycles. The van der Waals surface area contributed by atoms with Gasteiger partial charge in [0.15, 0.2) is 11.1 Å². The van der Waals surface area contributed by atoms with E-state index in [0.29, 0.717) is 10.3 Å². The lowest BCUT2D eigenvalue weighted by atomic mass is 10.1. The van der Waals surface area contributed by atoms with Crippen LogP contribution in [0.1, 0.15) is 10.5 Å². The Morgan fingerprint density at radius 1 is 1.04 bits per heavy atom. The summed E-state index contributed by atoms with van der Waals surface area (Å²) in [6, 6.07) is 16.0. The number of nitrogens with two attached hydrogens (primary N) is 2. The fourth-order valence-electron chi connectivity index (χ4n) is 2.54. The minimum atomic E-state index is -0.358. The predicted molar refractivity (Wildman–Crippen MR) is 111 cm³/mol. The average molecular weight is 394 g/mol. The molecule has 9 heteroatoms. The van der Waals surface area contributed by atoms with E-state index in [4.69, 9.17) is 11.5 Å². The molecule has 4 rings (SSSR count). The number of aliphatic imine (C=N–C) groups is 1. The Balaban J connectivity index is 1.62. The van der Waals surface area contributed by atoms with Gasteiger partial charge in [0.05, 0.1) is 10.2 Å². The second-order valence-electron chi connectivity index (χ2n) is 5.54. The van der Waals surface area contributed by atoms with E-state index < -0.39 is 0 Å². The van der Waals surface area contributed by atoms with Gasteiger partial charge < -0.3 is 11.5 Å². The van der Waals surface area contributed by atoms with Crippen molar-refractivity contribution in [1.29, 1.82) is 0 Å². The van der Waals surface area contributed by atoms with Crippen molar-refractivity contribution in [2.75, 3.05) is 5.32 Å². The molecule has 0 atom stereocenters. The molecule has 0 radical (unpaired) electrons. The van der Waals surface area contributed by atoms with Gasteiger partial charge in [0.1, 0.15) is 5.69 Å². The fraction of sp³-hybridized carbons (Fsp3) is 0. The number of rotatable bonds is 4. The van der Waals surface area contributed by atoms with Crippen molar-refractivity contribution < 1.29 is 4.79 Å². The van der Waals surface area contributed by atoms with Crippen LogP contribution in [0, 0.1) is 0 Å². The molecule has 1 amide bonds. The molecule has 2 aromatic carbocycles. The topological polar surface area (TPSA) is 119 Å².